The van der Waals surface area contributed by atoms with Crippen LogP contribution in [0.4, 0.5) is 4.79 Å². The number of carbonyl (C=O) groups excluding carboxylic acids is 1. The zero-order valence-corrected chi connectivity index (χ0v) is 14.4. The lowest BCUT2D eigenvalue weighted by Gasteiger charge is -2.10. The van der Waals surface area contributed by atoms with Gasteiger partial charge in [-0.3, -0.25) is 4.57 Å². The lowest BCUT2D eigenvalue weighted by Crippen LogP contribution is -2.23. The van der Waals surface area contributed by atoms with Crippen LogP contribution in [0.15, 0.2) is 29.3 Å². The third kappa shape index (κ3) is 3.39. The SMILES string of the molecule is CCOc1cccc(-n2c(C)c(C)s/c2=N\C(=O)N(C)C)c1. The molecular weight excluding hydrogens is 298 g/mol. The van der Waals surface area contributed by atoms with E-state index < -0.39 is 0 Å². The molecule has 5 nitrogen and oxygen atoms in total. The molecule has 1 aromatic carbocycles. The standard InChI is InChI=1S/C16H21N3O2S/c1-6-21-14-9-7-8-13(10-14)19-11(2)12(3)22-16(19)17-15(20)18(4)5/h7-10H,6H2,1-5H3/b17-16-. The van der Waals surface area contributed by atoms with Crippen molar-refractivity contribution in [2.24, 2.45) is 4.99 Å². The summed E-state index contributed by atoms with van der Waals surface area (Å²) in [6.45, 7) is 6.63. The van der Waals surface area contributed by atoms with Gasteiger partial charge in [-0.15, -0.1) is 11.3 Å². The van der Waals surface area contributed by atoms with Crippen LogP contribution in [-0.2, 0) is 0 Å². The zero-order valence-electron chi connectivity index (χ0n) is 13.6. The molecule has 2 amide bonds. The van der Waals surface area contributed by atoms with Crippen LogP contribution in [0.1, 0.15) is 17.5 Å². The van der Waals surface area contributed by atoms with E-state index in [-0.39, 0.29) is 6.03 Å². The number of hydrogen-bond acceptors (Lipinski definition) is 3. The van der Waals surface area contributed by atoms with E-state index in [0.717, 1.165) is 22.0 Å². The molecule has 0 aliphatic rings. The lowest BCUT2D eigenvalue weighted by atomic mass is 10.3. The van der Waals surface area contributed by atoms with Gasteiger partial charge in [0.05, 0.1) is 12.3 Å². The summed E-state index contributed by atoms with van der Waals surface area (Å²) < 4.78 is 7.55. The van der Waals surface area contributed by atoms with Gasteiger partial charge in [0, 0.05) is 30.7 Å². The number of aromatic nitrogens is 1. The average molecular weight is 319 g/mol. The number of amides is 2. The molecule has 118 valence electrons. The van der Waals surface area contributed by atoms with Crippen LogP contribution >= 0.6 is 11.3 Å². The summed E-state index contributed by atoms with van der Waals surface area (Å²) in [5, 5.41) is 0. The molecule has 0 N–H and O–H groups in total. The molecule has 0 radical (unpaired) electrons. The fourth-order valence-corrected chi connectivity index (χ4v) is 2.97. The Kier molecular flexibility index (Phi) is 5.03. The third-order valence-corrected chi connectivity index (χ3v) is 4.30. The van der Waals surface area contributed by atoms with Gasteiger partial charge in [-0.05, 0) is 32.9 Å². The number of rotatable bonds is 3. The van der Waals surface area contributed by atoms with Gasteiger partial charge in [0.15, 0.2) is 4.80 Å². The molecule has 1 aromatic heterocycles. The molecule has 22 heavy (non-hydrogen) atoms. The van der Waals surface area contributed by atoms with Crippen molar-refractivity contribution in [1.82, 2.24) is 9.47 Å². The average Bonchev–Trinajstić information content (AvgIpc) is 2.74. The Labute approximate surface area is 134 Å². The summed E-state index contributed by atoms with van der Waals surface area (Å²) >= 11 is 1.51. The van der Waals surface area contributed by atoms with Gasteiger partial charge >= 0.3 is 6.03 Å². The molecule has 2 aromatic rings. The van der Waals surface area contributed by atoms with Crippen molar-refractivity contribution in [1.29, 1.82) is 0 Å². The molecule has 0 unspecified atom stereocenters. The molecule has 6 heteroatoms. The Hall–Kier alpha value is -2.08. The first-order chi connectivity index (χ1) is 10.4. The summed E-state index contributed by atoms with van der Waals surface area (Å²) in [5.74, 6) is 0.806. The van der Waals surface area contributed by atoms with E-state index in [0.29, 0.717) is 11.4 Å². The van der Waals surface area contributed by atoms with E-state index >= 15 is 0 Å². The highest BCUT2D eigenvalue weighted by molar-refractivity contribution is 7.09. The number of nitrogens with zero attached hydrogens (tertiary/aromatic N) is 3. The first kappa shape index (κ1) is 16.3. The predicted octanol–water partition coefficient (Wildman–Crippen LogP) is 3.14. The minimum atomic E-state index is -0.268. The van der Waals surface area contributed by atoms with Gasteiger partial charge in [0.25, 0.3) is 0 Å². The normalized spacial score (nSPS) is 11.6. The molecule has 0 saturated heterocycles. The summed E-state index contributed by atoms with van der Waals surface area (Å²) in [7, 11) is 3.39. The van der Waals surface area contributed by atoms with Crippen LogP contribution < -0.4 is 9.54 Å². The Morgan fingerprint density at radius 2 is 2.09 bits per heavy atom. The fraction of sp³-hybridized carbons (Fsp3) is 0.375. The number of thiazole rings is 1. The van der Waals surface area contributed by atoms with Gasteiger partial charge in [-0.1, -0.05) is 6.07 Å². The lowest BCUT2D eigenvalue weighted by molar-refractivity contribution is 0.226. The van der Waals surface area contributed by atoms with E-state index in [4.69, 9.17) is 4.74 Å². The molecule has 1 heterocycles. The van der Waals surface area contributed by atoms with Crippen molar-refractivity contribution in [3.8, 4) is 11.4 Å². The number of hydrogen-bond donors (Lipinski definition) is 0. The first-order valence-electron chi connectivity index (χ1n) is 7.12. The summed E-state index contributed by atoms with van der Waals surface area (Å²) in [6.07, 6.45) is 0. The fourth-order valence-electron chi connectivity index (χ4n) is 2.00. The van der Waals surface area contributed by atoms with Crippen molar-refractivity contribution < 1.29 is 9.53 Å². The second-order valence-electron chi connectivity index (χ2n) is 5.08. The Bertz CT molecular complexity index is 744. The monoisotopic (exact) mass is 319 g/mol. The van der Waals surface area contributed by atoms with Crippen molar-refractivity contribution in [2.45, 2.75) is 20.8 Å². The van der Waals surface area contributed by atoms with E-state index in [9.17, 15) is 4.79 Å². The number of ether oxygens (including phenoxy) is 1. The van der Waals surface area contributed by atoms with Crippen molar-refractivity contribution in [2.75, 3.05) is 20.7 Å². The Balaban J connectivity index is 2.60. The second kappa shape index (κ2) is 6.79. The molecule has 2 rings (SSSR count). The maximum absolute atomic E-state index is 11.9. The first-order valence-corrected chi connectivity index (χ1v) is 7.94. The van der Waals surface area contributed by atoms with Crippen LogP contribution in [0.25, 0.3) is 5.69 Å². The summed E-state index contributed by atoms with van der Waals surface area (Å²) in [4.78, 5) is 19.4. The van der Waals surface area contributed by atoms with Gasteiger partial charge in [0.1, 0.15) is 5.75 Å². The number of carbonyl (C=O) groups is 1. The van der Waals surface area contributed by atoms with Crippen molar-refractivity contribution in [3.05, 3.63) is 39.6 Å². The number of aryl methyl sites for hydroxylation is 1. The largest absolute Gasteiger partial charge is 0.494 e. The predicted molar refractivity (Wildman–Crippen MR) is 88.9 cm³/mol. The van der Waals surface area contributed by atoms with Gasteiger partial charge in [-0.25, -0.2) is 4.79 Å². The van der Waals surface area contributed by atoms with Gasteiger partial charge < -0.3 is 9.64 Å². The highest BCUT2D eigenvalue weighted by Crippen LogP contribution is 2.20. The maximum Gasteiger partial charge on any atom is 0.345 e. The van der Waals surface area contributed by atoms with Gasteiger partial charge in [-0.2, -0.15) is 4.99 Å². The van der Waals surface area contributed by atoms with Crippen molar-refractivity contribution >= 4 is 17.4 Å². The Morgan fingerprint density at radius 3 is 2.73 bits per heavy atom. The molecule has 0 saturated carbocycles. The van der Waals surface area contributed by atoms with Crippen LogP contribution in [-0.4, -0.2) is 36.2 Å². The van der Waals surface area contributed by atoms with Crippen LogP contribution in [0, 0.1) is 13.8 Å². The molecule has 0 fully saturated rings. The van der Waals surface area contributed by atoms with Crippen molar-refractivity contribution in [3.63, 3.8) is 0 Å². The summed E-state index contributed by atoms with van der Waals surface area (Å²) in [5.41, 5.74) is 2.02. The number of benzene rings is 1. The number of urea groups is 1. The summed E-state index contributed by atoms with van der Waals surface area (Å²) in [6, 6.07) is 7.54. The van der Waals surface area contributed by atoms with Crippen LogP contribution in [0.2, 0.25) is 0 Å². The topological polar surface area (TPSA) is 46.8 Å². The van der Waals surface area contributed by atoms with E-state index in [1.54, 1.807) is 14.1 Å². The molecule has 0 atom stereocenters. The zero-order chi connectivity index (χ0) is 16.3. The van der Waals surface area contributed by atoms with Crippen LogP contribution in [0.5, 0.6) is 5.75 Å². The van der Waals surface area contributed by atoms with E-state index in [1.807, 2.05) is 49.6 Å². The maximum atomic E-state index is 11.9. The van der Waals surface area contributed by atoms with Gasteiger partial charge in [0.2, 0.25) is 0 Å². The third-order valence-electron chi connectivity index (χ3n) is 3.24. The molecule has 0 aliphatic carbocycles. The molecule has 0 spiro atoms. The molecule has 0 aliphatic heterocycles. The second-order valence-corrected chi connectivity index (χ2v) is 6.26. The Morgan fingerprint density at radius 1 is 1.36 bits per heavy atom. The van der Waals surface area contributed by atoms with E-state index in [1.165, 1.54) is 16.2 Å². The smallest absolute Gasteiger partial charge is 0.345 e. The van der Waals surface area contributed by atoms with E-state index in [2.05, 4.69) is 4.99 Å². The molecule has 0 bridgehead atoms. The van der Waals surface area contributed by atoms with Crippen LogP contribution in [0.3, 0.4) is 0 Å². The quantitative estimate of drug-likeness (QED) is 0.872. The minimum Gasteiger partial charge on any atom is -0.494 e. The highest BCUT2D eigenvalue weighted by Gasteiger charge is 2.11. The highest BCUT2D eigenvalue weighted by atomic mass is 32.1. The molecular formula is C16H21N3O2S. The minimum absolute atomic E-state index is 0.268.